The lowest BCUT2D eigenvalue weighted by atomic mass is 9.90. The summed E-state index contributed by atoms with van der Waals surface area (Å²) < 4.78 is 12.8. The average Bonchev–Trinajstić information content (AvgIpc) is 2.17. The van der Waals surface area contributed by atoms with Crippen molar-refractivity contribution >= 4 is 5.71 Å². The fourth-order valence-electron chi connectivity index (χ4n) is 1.67. The lowest BCUT2D eigenvalue weighted by Gasteiger charge is -2.15. The second kappa shape index (κ2) is 3.17. The van der Waals surface area contributed by atoms with Crippen LogP contribution in [0.5, 0.6) is 0 Å². The molecule has 0 spiro atoms. The third-order valence-corrected chi connectivity index (χ3v) is 2.39. The van der Waals surface area contributed by atoms with E-state index in [0.29, 0.717) is 6.42 Å². The number of nitrogens with zero attached hydrogens (tertiary/aromatic N) is 1. The maximum Gasteiger partial charge on any atom is 0.123 e. The number of rotatable bonds is 0. The van der Waals surface area contributed by atoms with Gasteiger partial charge in [0.25, 0.3) is 0 Å². The predicted octanol–water partition coefficient (Wildman–Crippen LogP) is 2.14. The molecule has 2 rings (SSSR count). The largest absolute Gasteiger partial charge is 0.411 e. The van der Waals surface area contributed by atoms with Crippen molar-refractivity contribution < 1.29 is 9.60 Å². The van der Waals surface area contributed by atoms with Crippen molar-refractivity contribution in [3.05, 3.63) is 35.1 Å². The van der Waals surface area contributed by atoms with Crippen LogP contribution in [0, 0.1) is 5.82 Å². The van der Waals surface area contributed by atoms with Gasteiger partial charge in [0.2, 0.25) is 0 Å². The van der Waals surface area contributed by atoms with Gasteiger partial charge in [-0.15, -0.1) is 0 Å². The number of benzene rings is 1. The molecular weight excluding hydrogens is 169 g/mol. The molecule has 1 N–H and O–H groups in total. The van der Waals surface area contributed by atoms with E-state index in [0.717, 1.165) is 29.7 Å². The highest BCUT2D eigenvalue weighted by atomic mass is 19.1. The first-order chi connectivity index (χ1) is 6.29. The summed E-state index contributed by atoms with van der Waals surface area (Å²) in [6.07, 6.45) is 2.14. The van der Waals surface area contributed by atoms with Crippen LogP contribution in [0.3, 0.4) is 0 Å². The molecule has 0 radical (unpaired) electrons. The summed E-state index contributed by atoms with van der Waals surface area (Å²) in [6.45, 7) is 0. The van der Waals surface area contributed by atoms with Crippen LogP contribution in [0.1, 0.15) is 17.5 Å². The number of hydrogen-bond donors (Lipinski definition) is 1. The molecule has 0 aromatic heterocycles. The van der Waals surface area contributed by atoms with Gasteiger partial charge < -0.3 is 5.21 Å². The monoisotopic (exact) mass is 179 g/mol. The van der Waals surface area contributed by atoms with E-state index in [2.05, 4.69) is 5.16 Å². The van der Waals surface area contributed by atoms with Gasteiger partial charge in [-0.1, -0.05) is 11.2 Å². The highest BCUT2D eigenvalue weighted by Gasteiger charge is 2.14. The summed E-state index contributed by atoms with van der Waals surface area (Å²) in [4.78, 5) is 0. The van der Waals surface area contributed by atoms with Gasteiger partial charge in [-0.2, -0.15) is 0 Å². The van der Waals surface area contributed by atoms with Gasteiger partial charge in [0.15, 0.2) is 0 Å². The van der Waals surface area contributed by atoms with Crippen LogP contribution in [0.15, 0.2) is 23.4 Å². The first-order valence-corrected chi connectivity index (χ1v) is 4.26. The SMILES string of the molecule is ON=C1CCc2cc(F)ccc2C1. The van der Waals surface area contributed by atoms with Crippen LogP contribution < -0.4 is 0 Å². The smallest absolute Gasteiger partial charge is 0.123 e. The Balaban J connectivity index is 2.37. The molecule has 0 saturated heterocycles. The Bertz CT molecular complexity index is 360. The minimum Gasteiger partial charge on any atom is -0.411 e. The fourth-order valence-corrected chi connectivity index (χ4v) is 1.67. The molecule has 1 aliphatic rings. The number of aryl methyl sites for hydroxylation is 1. The normalized spacial score (nSPS) is 18.7. The topological polar surface area (TPSA) is 32.6 Å². The van der Waals surface area contributed by atoms with E-state index in [9.17, 15) is 4.39 Å². The lowest BCUT2D eigenvalue weighted by molar-refractivity contribution is 0.316. The van der Waals surface area contributed by atoms with Crippen molar-refractivity contribution in [2.45, 2.75) is 19.3 Å². The third-order valence-electron chi connectivity index (χ3n) is 2.39. The van der Waals surface area contributed by atoms with Crippen LogP contribution in [-0.4, -0.2) is 10.9 Å². The van der Waals surface area contributed by atoms with E-state index < -0.39 is 0 Å². The molecular formula is C10H10FNO. The van der Waals surface area contributed by atoms with Crippen LogP contribution in [0.25, 0.3) is 0 Å². The van der Waals surface area contributed by atoms with E-state index in [-0.39, 0.29) is 5.82 Å². The number of halogens is 1. The maximum atomic E-state index is 12.8. The van der Waals surface area contributed by atoms with Gasteiger partial charge in [-0.3, -0.25) is 0 Å². The third kappa shape index (κ3) is 1.54. The summed E-state index contributed by atoms with van der Waals surface area (Å²) in [5.41, 5.74) is 2.88. The summed E-state index contributed by atoms with van der Waals surface area (Å²) in [6, 6.07) is 4.76. The molecule has 0 fully saturated rings. The molecule has 68 valence electrons. The Morgan fingerprint density at radius 3 is 2.85 bits per heavy atom. The number of oxime groups is 1. The van der Waals surface area contributed by atoms with Crippen molar-refractivity contribution in [3.8, 4) is 0 Å². The average molecular weight is 179 g/mol. The molecule has 1 aromatic rings. The summed E-state index contributed by atoms with van der Waals surface area (Å²) in [5, 5.41) is 11.8. The Hall–Kier alpha value is -1.38. The maximum absolute atomic E-state index is 12.8. The fraction of sp³-hybridized carbons (Fsp3) is 0.300. The molecule has 0 heterocycles. The van der Waals surface area contributed by atoms with Gasteiger partial charge in [0.1, 0.15) is 5.82 Å². The van der Waals surface area contributed by atoms with Crippen molar-refractivity contribution in [2.75, 3.05) is 0 Å². The van der Waals surface area contributed by atoms with E-state index in [1.165, 1.54) is 6.07 Å². The van der Waals surface area contributed by atoms with Gasteiger partial charge >= 0.3 is 0 Å². The zero-order chi connectivity index (χ0) is 9.26. The van der Waals surface area contributed by atoms with E-state index >= 15 is 0 Å². The van der Waals surface area contributed by atoms with Crippen molar-refractivity contribution in [2.24, 2.45) is 5.16 Å². The molecule has 13 heavy (non-hydrogen) atoms. The Morgan fingerprint density at radius 2 is 2.08 bits per heavy atom. The zero-order valence-corrected chi connectivity index (χ0v) is 7.13. The second-order valence-electron chi connectivity index (χ2n) is 3.26. The van der Waals surface area contributed by atoms with E-state index in [1.807, 2.05) is 0 Å². The van der Waals surface area contributed by atoms with Crippen molar-refractivity contribution in [1.82, 2.24) is 0 Å². The van der Waals surface area contributed by atoms with Gasteiger partial charge in [-0.25, -0.2) is 4.39 Å². The molecule has 0 saturated carbocycles. The highest BCUT2D eigenvalue weighted by molar-refractivity contribution is 5.88. The summed E-state index contributed by atoms with van der Waals surface area (Å²) in [5.74, 6) is -0.192. The molecule has 1 aromatic carbocycles. The molecule has 3 heteroatoms. The minimum absolute atomic E-state index is 0.192. The Morgan fingerprint density at radius 1 is 1.23 bits per heavy atom. The summed E-state index contributed by atoms with van der Waals surface area (Å²) in [7, 11) is 0. The van der Waals surface area contributed by atoms with Gasteiger partial charge in [0, 0.05) is 6.42 Å². The molecule has 0 bridgehead atoms. The quantitative estimate of drug-likeness (QED) is 0.480. The summed E-state index contributed by atoms with van der Waals surface area (Å²) >= 11 is 0. The molecule has 1 aliphatic carbocycles. The highest BCUT2D eigenvalue weighted by Crippen LogP contribution is 2.20. The predicted molar refractivity (Wildman–Crippen MR) is 47.6 cm³/mol. The van der Waals surface area contributed by atoms with Gasteiger partial charge in [0.05, 0.1) is 5.71 Å². The van der Waals surface area contributed by atoms with E-state index in [4.69, 9.17) is 5.21 Å². The number of hydrogen-bond acceptors (Lipinski definition) is 2. The number of fused-ring (bicyclic) bond motifs is 1. The van der Waals surface area contributed by atoms with Crippen LogP contribution in [-0.2, 0) is 12.8 Å². The molecule has 0 unspecified atom stereocenters. The zero-order valence-electron chi connectivity index (χ0n) is 7.13. The first kappa shape index (κ1) is 8.23. The minimum atomic E-state index is -0.192. The molecule has 0 amide bonds. The lowest BCUT2D eigenvalue weighted by Crippen LogP contribution is -2.13. The van der Waals surface area contributed by atoms with Crippen LogP contribution >= 0.6 is 0 Å². The van der Waals surface area contributed by atoms with Crippen LogP contribution in [0.2, 0.25) is 0 Å². The molecule has 0 aliphatic heterocycles. The van der Waals surface area contributed by atoms with Crippen molar-refractivity contribution in [1.29, 1.82) is 0 Å². The van der Waals surface area contributed by atoms with E-state index in [1.54, 1.807) is 12.1 Å². The second-order valence-corrected chi connectivity index (χ2v) is 3.26. The first-order valence-electron chi connectivity index (χ1n) is 4.26. The Labute approximate surface area is 75.7 Å². The van der Waals surface area contributed by atoms with Gasteiger partial charge in [-0.05, 0) is 36.1 Å². The van der Waals surface area contributed by atoms with Crippen LogP contribution in [0.4, 0.5) is 4.39 Å². The molecule has 2 nitrogen and oxygen atoms in total. The molecule has 0 atom stereocenters. The van der Waals surface area contributed by atoms with Crippen molar-refractivity contribution in [3.63, 3.8) is 0 Å². The standard InChI is InChI=1S/C10H10FNO/c11-9-3-1-8-6-10(12-13)4-2-7(8)5-9/h1,3,5,13H,2,4,6H2. The Kier molecular flexibility index (Phi) is 2.00.